The molecule has 4 aromatic rings. The minimum absolute atomic E-state index is 0.0712. The number of alkyl halides is 6. The fourth-order valence-corrected chi connectivity index (χ4v) is 4.69. The smallest absolute Gasteiger partial charge is 0.394 e. The normalized spacial score (nSPS) is 13.0. The van der Waals surface area contributed by atoms with Crippen molar-refractivity contribution in [2.45, 2.75) is 51.6 Å². The number of halogens is 10. The molecule has 4 rings (SSSR count). The largest absolute Gasteiger partial charge is 0.419 e. The number of aromatic nitrogens is 2. The number of hydrogen-bond donors (Lipinski definition) is 4. The number of aliphatic hydroxyl groups is 2. The lowest BCUT2D eigenvalue weighted by Gasteiger charge is -2.19. The van der Waals surface area contributed by atoms with E-state index in [-0.39, 0.29) is 63.2 Å². The number of aliphatic hydroxyl groups excluding tert-OH is 2. The van der Waals surface area contributed by atoms with Gasteiger partial charge in [-0.1, -0.05) is 66.4 Å². The second-order valence-electron chi connectivity index (χ2n) is 11.0. The molecule has 0 aliphatic rings. The van der Waals surface area contributed by atoms with Gasteiger partial charge in [0.25, 0.3) is 11.8 Å². The Kier molecular flexibility index (Phi) is 13.6. The van der Waals surface area contributed by atoms with E-state index in [9.17, 15) is 49.8 Å². The molecule has 10 nitrogen and oxygen atoms in total. The highest BCUT2D eigenvalue weighted by molar-refractivity contribution is 6.36. The predicted molar refractivity (Wildman–Crippen MR) is 166 cm³/mol. The molecule has 51 heavy (non-hydrogen) atoms. The molecule has 0 radical (unpaired) electrons. The Morgan fingerprint density at radius 1 is 0.765 bits per heavy atom. The van der Waals surface area contributed by atoms with Gasteiger partial charge in [0.15, 0.2) is 22.9 Å². The summed E-state index contributed by atoms with van der Waals surface area (Å²) >= 11 is 12.0. The van der Waals surface area contributed by atoms with E-state index in [1.807, 2.05) is 0 Å². The van der Waals surface area contributed by atoms with Crippen molar-refractivity contribution >= 4 is 35.0 Å². The summed E-state index contributed by atoms with van der Waals surface area (Å²) in [5.41, 5.74) is -3.70. The molecule has 2 atom stereocenters. The SMILES string of the molecule is CC(C)[C@H](CO)NC(=O)c1noc(-c2ccc(C(F)(F)F)c(F)c2)c1Cl.CC[C@H](CO)NC(=O)c1noc(-c2ccc(C(F)(F)F)c(F)c2)c1Cl. The first-order valence-electron chi connectivity index (χ1n) is 14.6. The van der Waals surface area contributed by atoms with Gasteiger partial charge in [-0.15, -0.1) is 0 Å². The fraction of sp³-hybridized carbons (Fsp3) is 0.355. The van der Waals surface area contributed by atoms with Gasteiger partial charge < -0.3 is 29.9 Å². The first kappa shape index (κ1) is 41.2. The molecule has 0 saturated heterocycles. The molecule has 2 heterocycles. The number of rotatable bonds is 10. The number of hydrogen-bond acceptors (Lipinski definition) is 8. The average Bonchev–Trinajstić information content (AvgIpc) is 3.63. The van der Waals surface area contributed by atoms with E-state index in [2.05, 4.69) is 20.9 Å². The lowest BCUT2D eigenvalue weighted by atomic mass is 10.1. The molecule has 0 saturated carbocycles. The Morgan fingerprint density at radius 2 is 1.18 bits per heavy atom. The van der Waals surface area contributed by atoms with E-state index in [0.29, 0.717) is 30.7 Å². The molecule has 0 fully saturated rings. The summed E-state index contributed by atoms with van der Waals surface area (Å²) in [6.45, 7) is 4.69. The summed E-state index contributed by atoms with van der Waals surface area (Å²) in [5, 5.41) is 29.7. The van der Waals surface area contributed by atoms with Gasteiger partial charge in [0, 0.05) is 11.1 Å². The molecule has 2 aromatic carbocycles. The molecule has 2 amide bonds. The lowest BCUT2D eigenvalue weighted by molar-refractivity contribution is -0.140. The maximum absolute atomic E-state index is 13.7. The van der Waals surface area contributed by atoms with Crippen LogP contribution in [0, 0.1) is 17.6 Å². The van der Waals surface area contributed by atoms with Gasteiger partial charge in [0.1, 0.15) is 21.7 Å². The van der Waals surface area contributed by atoms with Crippen LogP contribution in [0.1, 0.15) is 59.3 Å². The summed E-state index contributed by atoms with van der Waals surface area (Å²) in [6, 6.07) is 3.13. The van der Waals surface area contributed by atoms with Crippen molar-refractivity contribution in [1.82, 2.24) is 20.9 Å². The topological polar surface area (TPSA) is 151 Å². The number of amides is 2. The van der Waals surface area contributed by atoms with Crippen molar-refractivity contribution in [2.24, 2.45) is 5.92 Å². The zero-order valence-corrected chi connectivity index (χ0v) is 28.0. The molecule has 0 bridgehead atoms. The van der Waals surface area contributed by atoms with Crippen molar-refractivity contribution in [3.63, 3.8) is 0 Å². The molecule has 0 aliphatic heterocycles. The van der Waals surface area contributed by atoms with E-state index in [4.69, 9.17) is 37.4 Å². The highest BCUT2D eigenvalue weighted by atomic mass is 35.5. The molecular formula is C31H28Cl2F8N4O6. The first-order valence-corrected chi connectivity index (χ1v) is 15.4. The molecule has 0 spiro atoms. The van der Waals surface area contributed by atoms with Gasteiger partial charge in [-0.05, 0) is 36.6 Å². The van der Waals surface area contributed by atoms with Gasteiger partial charge in [-0.25, -0.2) is 8.78 Å². The van der Waals surface area contributed by atoms with Crippen LogP contribution >= 0.6 is 23.2 Å². The molecule has 0 aliphatic carbocycles. The van der Waals surface area contributed by atoms with E-state index in [1.165, 1.54) is 0 Å². The predicted octanol–water partition coefficient (Wildman–Crippen LogP) is 7.55. The lowest BCUT2D eigenvalue weighted by Crippen LogP contribution is -2.41. The van der Waals surface area contributed by atoms with Crippen molar-refractivity contribution < 1.29 is 64.0 Å². The van der Waals surface area contributed by atoms with Crippen LogP contribution in [0.5, 0.6) is 0 Å². The molecule has 2 aromatic heterocycles. The highest BCUT2D eigenvalue weighted by Crippen LogP contribution is 2.37. The van der Waals surface area contributed by atoms with Crippen LogP contribution in [0.4, 0.5) is 35.1 Å². The van der Waals surface area contributed by atoms with Gasteiger partial charge in [-0.3, -0.25) is 9.59 Å². The summed E-state index contributed by atoms with van der Waals surface area (Å²) in [6.07, 6.45) is -9.22. The molecule has 20 heteroatoms. The second kappa shape index (κ2) is 16.8. The number of nitrogens with zero attached hydrogens (tertiary/aromatic N) is 2. The van der Waals surface area contributed by atoms with E-state index >= 15 is 0 Å². The number of carbonyl (C=O) groups is 2. The second-order valence-corrected chi connectivity index (χ2v) is 11.8. The zero-order chi connectivity index (χ0) is 38.4. The molecule has 4 N–H and O–H groups in total. The Morgan fingerprint density at radius 3 is 1.49 bits per heavy atom. The maximum atomic E-state index is 13.7. The third-order valence-electron chi connectivity index (χ3n) is 7.14. The van der Waals surface area contributed by atoms with Crippen molar-refractivity contribution in [1.29, 1.82) is 0 Å². The standard InChI is InChI=1S/C16H15ClF4N2O3.C15H13ClF4N2O3/c1-7(2)11(6-24)22-15(25)13-12(17)14(26-23-13)8-3-4-9(10(18)5-8)16(19,20)21;1-2-8(6-23)21-14(24)12-11(16)13(25-22-12)7-3-4-9(10(17)5-7)15(18,19)20/h3-5,7,11,24H,6H2,1-2H3,(H,22,25);3-5,8,23H,2,6H2,1H3,(H,21,24)/t11-;8-/m01/s1. The van der Waals surface area contributed by atoms with Crippen LogP contribution < -0.4 is 10.6 Å². The van der Waals surface area contributed by atoms with Gasteiger partial charge in [0.05, 0.1) is 36.4 Å². The van der Waals surface area contributed by atoms with Gasteiger partial charge in [0.2, 0.25) is 0 Å². The molecule has 0 unspecified atom stereocenters. The third-order valence-corrected chi connectivity index (χ3v) is 7.84. The summed E-state index contributed by atoms with van der Waals surface area (Å²) in [7, 11) is 0. The van der Waals surface area contributed by atoms with Crippen LogP contribution in [0.15, 0.2) is 45.4 Å². The Hall–Kier alpha value is -4.26. The Labute approximate surface area is 293 Å². The van der Waals surface area contributed by atoms with Crippen molar-refractivity contribution in [3.05, 3.63) is 80.6 Å². The van der Waals surface area contributed by atoms with Crippen molar-refractivity contribution in [3.8, 4) is 22.6 Å². The van der Waals surface area contributed by atoms with E-state index in [0.717, 1.165) is 12.1 Å². The van der Waals surface area contributed by atoms with Crippen LogP contribution in [-0.4, -0.2) is 57.6 Å². The first-order chi connectivity index (χ1) is 23.7. The van der Waals surface area contributed by atoms with Crippen LogP contribution in [0.2, 0.25) is 10.0 Å². The monoisotopic (exact) mass is 774 g/mol. The molecular weight excluding hydrogens is 747 g/mol. The number of benzene rings is 2. The minimum Gasteiger partial charge on any atom is -0.394 e. The Bertz CT molecular complexity index is 1840. The third kappa shape index (κ3) is 9.96. The van der Waals surface area contributed by atoms with Crippen molar-refractivity contribution in [2.75, 3.05) is 13.2 Å². The number of carbonyl (C=O) groups excluding carboxylic acids is 2. The molecule has 278 valence electrons. The van der Waals surface area contributed by atoms with Gasteiger partial charge >= 0.3 is 12.4 Å². The van der Waals surface area contributed by atoms with Crippen LogP contribution in [0.25, 0.3) is 22.6 Å². The van der Waals surface area contributed by atoms with Crippen LogP contribution in [-0.2, 0) is 12.4 Å². The van der Waals surface area contributed by atoms with Gasteiger partial charge in [-0.2, -0.15) is 26.3 Å². The summed E-state index contributed by atoms with van der Waals surface area (Å²) in [5.74, 6) is -5.02. The maximum Gasteiger partial charge on any atom is 0.419 e. The summed E-state index contributed by atoms with van der Waals surface area (Å²) in [4.78, 5) is 24.2. The Balaban J connectivity index is 0.000000276. The highest BCUT2D eigenvalue weighted by Gasteiger charge is 2.36. The quantitative estimate of drug-likeness (QED) is 0.121. The zero-order valence-electron chi connectivity index (χ0n) is 26.5. The fourth-order valence-electron chi connectivity index (χ4n) is 4.16. The minimum atomic E-state index is -4.84. The van der Waals surface area contributed by atoms with Crippen LogP contribution in [0.3, 0.4) is 0 Å². The van der Waals surface area contributed by atoms with E-state index < -0.39 is 59.0 Å². The average molecular weight is 775 g/mol. The number of nitrogens with one attached hydrogen (secondary N) is 2. The van der Waals surface area contributed by atoms with E-state index in [1.54, 1.807) is 20.8 Å². The summed E-state index contributed by atoms with van der Waals surface area (Å²) < 4.78 is 113.